The molecule has 7 heteroatoms. The molecule has 1 aliphatic rings. The van der Waals surface area contributed by atoms with Crippen molar-refractivity contribution in [2.75, 3.05) is 13.1 Å². The van der Waals surface area contributed by atoms with Crippen molar-refractivity contribution in [1.82, 2.24) is 19.7 Å². The summed E-state index contributed by atoms with van der Waals surface area (Å²) >= 11 is 6.15. The first kappa shape index (κ1) is 18.5. The molecule has 1 fully saturated rings. The first-order valence-corrected chi connectivity index (χ1v) is 9.74. The van der Waals surface area contributed by atoms with Crippen LogP contribution in [0.15, 0.2) is 59.4 Å². The Hall–Kier alpha value is -2.86. The third-order valence-corrected chi connectivity index (χ3v) is 5.48. The van der Waals surface area contributed by atoms with Crippen molar-refractivity contribution >= 4 is 17.5 Å². The number of nitrogens with one attached hydrogen (secondary N) is 1. The van der Waals surface area contributed by atoms with Crippen LogP contribution in [0.2, 0.25) is 5.02 Å². The third-order valence-electron chi connectivity index (χ3n) is 5.15. The maximum atomic E-state index is 12.7. The molecule has 28 heavy (non-hydrogen) atoms. The number of nitrogens with zero attached hydrogens (tertiary/aromatic N) is 3. The van der Waals surface area contributed by atoms with E-state index >= 15 is 0 Å². The fourth-order valence-corrected chi connectivity index (χ4v) is 3.80. The lowest BCUT2D eigenvalue weighted by Crippen LogP contribution is -2.38. The van der Waals surface area contributed by atoms with Crippen molar-refractivity contribution in [2.45, 2.75) is 25.3 Å². The molecule has 1 aromatic heterocycles. The van der Waals surface area contributed by atoms with E-state index < -0.39 is 0 Å². The molecule has 0 saturated carbocycles. The zero-order valence-corrected chi connectivity index (χ0v) is 16.1. The van der Waals surface area contributed by atoms with E-state index in [1.54, 1.807) is 12.1 Å². The number of benzene rings is 2. The fraction of sp³-hybridized carbons (Fsp3) is 0.286. The predicted molar refractivity (Wildman–Crippen MR) is 108 cm³/mol. The van der Waals surface area contributed by atoms with Crippen LogP contribution in [0.3, 0.4) is 0 Å². The number of H-pyrrole nitrogens is 1. The van der Waals surface area contributed by atoms with Crippen molar-refractivity contribution < 1.29 is 4.79 Å². The lowest BCUT2D eigenvalue weighted by Gasteiger charge is -2.31. The largest absolute Gasteiger partial charge is 0.343 e. The quantitative estimate of drug-likeness (QED) is 0.735. The zero-order chi connectivity index (χ0) is 19.5. The Labute approximate surface area is 167 Å². The van der Waals surface area contributed by atoms with Gasteiger partial charge in [-0.3, -0.25) is 9.78 Å². The molecule has 1 amide bonds. The second kappa shape index (κ2) is 8.02. The van der Waals surface area contributed by atoms with Crippen molar-refractivity contribution in [2.24, 2.45) is 0 Å². The lowest BCUT2D eigenvalue weighted by molar-refractivity contribution is 0.0711. The average molecular weight is 397 g/mol. The summed E-state index contributed by atoms with van der Waals surface area (Å²) in [6.45, 7) is 1.67. The highest BCUT2D eigenvalue weighted by Crippen LogP contribution is 2.27. The molecular formula is C21H21ClN4O2. The highest BCUT2D eigenvalue weighted by Gasteiger charge is 2.27. The summed E-state index contributed by atoms with van der Waals surface area (Å²) in [5.41, 5.74) is 1.36. The van der Waals surface area contributed by atoms with Gasteiger partial charge >= 0.3 is 5.69 Å². The molecule has 0 atom stereocenters. The van der Waals surface area contributed by atoms with Crippen molar-refractivity contribution in [3.8, 4) is 0 Å². The first-order chi connectivity index (χ1) is 13.6. The molecule has 0 radical (unpaired) electrons. The van der Waals surface area contributed by atoms with Crippen molar-refractivity contribution in [1.29, 1.82) is 0 Å². The fourth-order valence-electron chi connectivity index (χ4n) is 3.58. The van der Waals surface area contributed by atoms with E-state index in [1.165, 1.54) is 4.68 Å². The van der Waals surface area contributed by atoms with Gasteiger partial charge in [0.05, 0.1) is 17.1 Å². The smallest absolute Gasteiger partial charge is 0.339 e. The highest BCUT2D eigenvalue weighted by molar-refractivity contribution is 6.33. The van der Waals surface area contributed by atoms with E-state index in [4.69, 9.17) is 11.6 Å². The SMILES string of the molecule is O=C(c1ccccc1Cl)N1CCC(c2nn(Cc3ccccc3)c(=O)[nH]2)CC1. The molecule has 0 aliphatic carbocycles. The number of likely N-dealkylation sites (tertiary alicyclic amines) is 1. The normalized spacial score (nSPS) is 15.0. The number of aromatic amines is 1. The van der Waals surface area contributed by atoms with Crippen molar-refractivity contribution in [3.63, 3.8) is 0 Å². The maximum absolute atomic E-state index is 12.7. The van der Waals surface area contributed by atoms with E-state index in [2.05, 4.69) is 10.1 Å². The van der Waals surface area contributed by atoms with Gasteiger partial charge in [0.2, 0.25) is 0 Å². The number of aromatic nitrogens is 3. The van der Waals surface area contributed by atoms with Gasteiger partial charge in [0.25, 0.3) is 5.91 Å². The van der Waals surface area contributed by atoms with Crippen LogP contribution in [0, 0.1) is 0 Å². The molecule has 3 aromatic rings. The van der Waals surface area contributed by atoms with Gasteiger partial charge in [-0.15, -0.1) is 0 Å². The summed E-state index contributed by atoms with van der Waals surface area (Å²) in [4.78, 5) is 29.6. The van der Waals surface area contributed by atoms with Crippen LogP contribution in [0.1, 0.15) is 40.5 Å². The molecule has 4 rings (SSSR count). The van der Waals surface area contributed by atoms with E-state index in [0.717, 1.165) is 18.4 Å². The summed E-state index contributed by atoms with van der Waals surface area (Å²) in [5, 5.41) is 4.97. The summed E-state index contributed by atoms with van der Waals surface area (Å²) < 4.78 is 1.46. The topological polar surface area (TPSA) is 71.0 Å². The Bertz CT molecular complexity index is 1020. The number of piperidine rings is 1. The van der Waals surface area contributed by atoms with Crippen LogP contribution in [-0.2, 0) is 6.54 Å². The minimum absolute atomic E-state index is 0.0489. The van der Waals surface area contributed by atoms with Gasteiger partial charge in [-0.05, 0) is 30.5 Å². The first-order valence-electron chi connectivity index (χ1n) is 9.36. The van der Waals surface area contributed by atoms with Crippen molar-refractivity contribution in [3.05, 3.63) is 87.1 Å². The molecule has 2 heterocycles. The maximum Gasteiger partial charge on any atom is 0.343 e. The summed E-state index contributed by atoms with van der Waals surface area (Å²) in [5.74, 6) is 0.790. The van der Waals surface area contributed by atoms with Gasteiger partial charge in [-0.1, -0.05) is 54.1 Å². The van der Waals surface area contributed by atoms with Gasteiger partial charge in [0.15, 0.2) is 0 Å². The second-order valence-corrected chi connectivity index (χ2v) is 7.41. The number of carbonyl (C=O) groups excluding carboxylic acids is 1. The van der Waals surface area contributed by atoms with E-state index in [1.807, 2.05) is 47.4 Å². The van der Waals surface area contributed by atoms with Gasteiger partial charge < -0.3 is 4.90 Å². The second-order valence-electron chi connectivity index (χ2n) is 7.00. The number of hydrogen-bond acceptors (Lipinski definition) is 3. The van der Waals surface area contributed by atoms with E-state index in [9.17, 15) is 9.59 Å². The molecule has 1 aliphatic heterocycles. The van der Waals surface area contributed by atoms with Crippen LogP contribution in [-0.4, -0.2) is 38.7 Å². The van der Waals surface area contributed by atoms with Gasteiger partial charge in [-0.25, -0.2) is 9.48 Å². The molecular weight excluding hydrogens is 376 g/mol. The van der Waals surface area contributed by atoms with E-state index in [0.29, 0.717) is 36.0 Å². The predicted octanol–water partition coefficient (Wildman–Crippen LogP) is 3.29. The Morgan fingerprint density at radius 1 is 1.07 bits per heavy atom. The van der Waals surface area contributed by atoms with Crippen LogP contribution >= 0.6 is 11.6 Å². The minimum Gasteiger partial charge on any atom is -0.339 e. The third kappa shape index (κ3) is 3.87. The molecule has 0 unspecified atom stereocenters. The number of hydrogen-bond donors (Lipinski definition) is 1. The molecule has 1 N–H and O–H groups in total. The number of halogens is 1. The average Bonchev–Trinajstić information content (AvgIpc) is 3.09. The van der Waals surface area contributed by atoms with Gasteiger partial charge in [-0.2, -0.15) is 5.10 Å². The minimum atomic E-state index is -0.201. The highest BCUT2D eigenvalue weighted by atomic mass is 35.5. The van der Waals surface area contributed by atoms with E-state index in [-0.39, 0.29) is 17.5 Å². The number of rotatable bonds is 4. The monoisotopic (exact) mass is 396 g/mol. The van der Waals surface area contributed by atoms with Crippen LogP contribution < -0.4 is 5.69 Å². The Kier molecular flexibility index (Phi) is 5.30. The summed E-state index contributed by atoms with van der Waals surface area (Å²) in [6, 6.07) is 16.9. The molecule has 0 bridgehead atoms. The summed E-state index contributed by atoms with van der Waals surface area (Å²) in [6.07, 6.45) is 1.52. The number of amides is 1. The van der Waals surface area contributed by atoms with Gasteiger partial charge in [0.1, 0.15) is 5.82 Å². The van der Waals surface area contributed by atoms with Crippen LogP contribution in [0.4, 0.5) is 0 Å². The van der Waals surface area contributed by atoms with Gasteiger partial charge in [0, 0.05) is 19.0 Å². The Morgan fingerprint density at radius 3 is 2.46 bits per heavy atom. The number of carbonyl (C=O) groups is 1. The standard InChI is InChI=1S/C21H21ClN4O2/c22-18-9-5-4-8-17(18)20(27)25-12-10-16(11-13-25)19-23-21(28)26(24-19)14-15-6-2-1-3-7-15/h1-9,16H,10-14H2,(H,23,24,28). The molecule has 1 saturated heterocycles. The van der Waals surface area contributed by atoms with Crippen LogP contribution in [0.5, 0.6) is 0 Å². The van der Waals surface area contributed by atoms with Crippen LogP contribution in [0.25, 0.3) is 0 Å². The Balaban J connectivity index is 1.42. The molecule has 0 spiro atoms. The lowest BCUT2D eigenvalue weighted by atomic mass is 9.95. The summed E-state index contributed by atoms with van der Waals surface area (Å²) in [7, 11) is 0. The molecule has 144 valence electrons. The molecule has 6 nitrogen and oxygen atoms in total. The Morgan fingerprint density at radius 2 is 1.75 bits per heavy atom. The molecule has 2 aromatic carbocycles. The zero-order valence-electron chi connectivity index (χ0n) is 15.3.